The summed E-state index contributed by atoms with van der Waals surface area (Å²) in [6.45, 7) is 4.26. The molecule has 0 aromatic heterocycles. The molecule has 0 radical (unpaired) electrons. The quantitative estimate of drug-likeness (QED) is 0.755. The standard InChI is InChI=1S/C10H13BrO/c1-4-8-6-10(12-3)9(11)5-7(8)2/h5-6H,4H2,1-3H3. The van der Waals surface area contributed by atoms with Crippen molar-refractivity contribution < 1.29 is 4.74 Å². The summed E-state index contributed by atoms with van der Waals surface area (Å²) < 4.78 is 6.22. The predicted octanol–water partition coefficient (Wildman–Crippen LogP) is 3.33. The fourth-order valence-corrected chi connectivity index (χ4v) is 1.85. The van der Waals surface area contributed by atoms with Crippen LogP contribution in [0, 0.1) is 6.92 Å². The van der Waals surface area contributed by atoms with Gasteiger partial charge in [0, 0.05) is 0 Å². The van der Waals surface area contributed by atoms with Crippen molar-refractivity contribution in [3.8, 4) is 5.75 Å². The highest BCUT2D eigenvalue weighted by atomic mass is 79.9. The van der Waals surface area contributed by atoms with Crippen LogP contribution in [0.1, 0.15) is 18.1 Å². The van der Waals surface area contributed by atoms with Crippen LogP contribution in [-0.2, 0) is 6.42 Å². The van der Waals surface area contributed by atoms with E-state index in [0.29, 0.717) is 0 Å². The molecule has 0 fully saturated rings. The molecular formula is C10H13BrO. The molecule has 66 valence electrons. The summed E-state index contributed by atoms with van der Waals surface area (Å²) in [5.41, 5.74) is 2.65. The summed E-state index contributed by atoms with van der Waals surface area (Å²) in [6, 6.07) is 4.18. The van der Waals surface area contributed by atoms with E-state index >= 15 is 0 Å². The van der Waals surface area contributed by atoms with E-state index in [0.717, 1.165) is 16.6 Å². The molecule has 0 saturated heterocycles. The van der Waals surface area contributed by atoms with Crippen molar-refractivity contribution in [1.29, 1.82) is 0 Å². The Balaban J connectivity index is 3.18. The minimum Gasteiger partial charge on any atom is -0.496 e. The van der Waals surface area contributed by atoms with Crippen molar-refractivity contribution in [3.63, 3.8) is 0 Å². The van der Waals surface area contributed by atoms with E-state index in [2.05, 4.69) is 41.9 Å². The van der Waals surface area contributed by atoms with Gasteiger partial charge in [-0.2, -0.15) is 0 Å². The third-order valence-electron chi connectivity index (χ3n) is 1.99. The first kappa shape index (κ1) is 9.59. The van der Waals surface area contributed by atoms with E-state index in [1.807, 2.05) is 0 Å². The molecule has 0 heterocycles. The average molecular weight is 229 g/mol. The lowest BCUT2D eigenvalue weighted by atomic mass is 10.1. The van der Waals surface area contributed by atoms with E-state index in [9.17, 15) is 0 Å². The lowest BCUT2D eigenvalue weighted by molar-refractivity contribution is 0.411. The number of hydrogen-bond donors (Lipinski definition) is 0. The normalized spacial score (nSPS) is 10.0. The molecule has 0 atom stereocenters. The Morgan fingerprint density at radius 3 is 2.58 bits per heavy atom. The van der Waals surface area contributed by atoms with Gasteiger partial charge in [0.15, 0.2) is 0 Å². The fourth-order valence-electron chi connectivity index (χ4n) is 1.23. The van der Waals surface area contributed by atoms with Gasteiger partial charge in [0.2, 0.25) is 0 Å². The molecule has 0 amide bonds. The lowest BCUT2D eigenvalue weighted by Gasteiger charge is -2.08. The molecule has 0 saturated carbocycles. The summed E-state index contributed by atoms with van der Waals surface area (Å²) in [4.78, 5) is 0. The molecule has 0 unspecified atom stereocenters. The van der Waals surface area contributed by atoms with Gasteiger partial charge in [0.05, 0.1) is 11.6 Å². The molecule has 12 heavy (non-hydrogen) atoms. The third kappa shape index (κ3) is 1.81. The molecule has 0 spiro atoms. The maximum atomic E-state index is 5.20. The SMILES string of the molecule is CCc1cc(OC)c(Br)cc1C. The molecule has 2 heteroatoms. The van der Waals surface area contributed by atoms with Crippen LogP contribution in [0.25, 0.3) is 0 Å². The van der Waals surface area contributed by atoms with Gasteiger partial charge in [-0.25, -0.2) is 0 Å². The van der Waals surface area contributed by atoms with E-state index in [1.165, 1.54) is 11.1 Å². The average Bonchev–Trinajstić information content (AvgIpc) is 2.05. The second kappa shape index (κ2) is 3.94. The summed E-state index contributed by atoms with van der Waals surface area (Å²) in [5.74, 6) is 0.914. The van der Waals surface area contributed by atoms with Crippen molar-refractivity contribution in [3.05, 3.63) is 27.7 Å². The van der Waals surface area contributed by atoms with Crippen LogP contribution in [0.2, 0.25) is 0 Å². The molecule has 1 nitrogen and oxygen atoms in total. The van der Waals surface area contributed by atoms with E-state index in [4.69, 9.17) is 4.74 Å². The largest absolute Gasteiger partial charge is 0.496 e. The molecule has 1 rings (SSSR count). The number of methoxy groups -OCH3 is 1. The zero-order chi connectivity index (χ0) is 9.14. The van der Waals surface area contributed by atoms with Gasteiger partial charge in [-0.15, -0.1) is 0 Å². The zero-order valence-corrected chi connectivity index (χ0v) is 9.23. The molecule has 0 aliphatic rings. The highest BCUT2D eigenvalue weighted by Gasteiger charge is 2.03. The Kier molecular flexibility index (Phi) is 3.15. The highest BCUT2D eigenvalue weighted by molar-refractivity contribution is 9.10. The molecule has 0 aliphatic heterocycles. The molecule has 1 aromatic rings. The van der Waals surface area contributed by atoms with Gasteiger partial charge < -0.3 is 4.74 Å². The zero-order valence-electron chi connectivity index (χ0n) is 7.65. The topological polar surface area (TPSA) is 9.23 Å². The Morgan fingerprint density at radius 2 is 2.08 bits per heavy atom. The van der Waals surface area contributed by atoms with Crippen LogP contribution in [0.5, 0.6) is 5.75 Å². The number of rotatable bonds is 2. The van der Waals surface area contributed by atoms with E-state index in [-0.39, 0.29) is 0 Å². The molecule has 0 aliphatic carbocycles. The molecule has 1 aromatic carbocycles. The minimum atomic E-state index is 0.914. The van der Waals surface area contributed by atoms with Crippen molar-refractivity contribution in [2.24, 2.45) is 0 Å². The maximum Gasteiger partial charge on any atom is 0.133 e. The van der Waals surface area contributed by atoms with Gasteiger partial charge in [-0.3, -0.25) is 0 Å². The van der Waals surface area contributed by atoms with Crippen LogP contribution < -0.4 is 4.74 Å². The second-order valence-corrected chi connectivity index (χ2v) is 3.62. The van der Waals surface area contributed by atoms with Crippen LogP contribution in [0.3, 0.4) is 0 Å². The Morgan fingerprint density at radius 1 is 1.42 bits per heavy atom. The van der Waals surface area contributed by atoms with Crippen LogP contribution in [0.15, 0.2) is 16.6 Å². The van der Waals surface area contributed by atoms with Gasteiger partial charge in [-0.05, 0) is 52.5 Å². The Labute approximate surface area is 81.9 Å². The molecule has 0 N–H and O–H groups in total. The summed E-state index contributed by atoms with van der Waals surface area (Å²) in [5, 5.41) is 0. The first-order valence-corrected chi connectivity index (χ1v) is 4.81. The summed E-state index contributed by atoms with van der Waals surface area (Å²) in [6.07, 6.45) is 1.05. The van der Waals surface area contributed by atoms with Gasteiger partial charge in [0.25, 0.3) is 0 Å². The third-order valence-corrected chi connectivity index (χ3v) is 2.61. The van der Waals surface area contributed by atoms with Gasteiger partial charge in [-0.1, -0.05) is 6.92 Å². The Hall–Kier alpha value is -0.500. The van der Waals surface area contributed by atoms with E-state index < -0.39 is 0 Å². The second-order valence-electron chi connectivity index (χ2n) is 2.77. The smallest absolute Gasteiger partial charge is 0.133 e. The van der Waals surface area contributed by atoms with Crippen LogP contribution in [0.4, 0.5) is 0 Å². The van der Waals surface area contributed by atoms with Crippen LogP contribution in [-0.4, -0.2) is 7.11 Å². The van der Waals surface area contributed by atoms with Gasteiger partial charge >= 0.3 is 0 Å². The summed E-state index contributed by atoms with van der Waals surface area (Å²) >= 11 is 3.45. The summed E-state index contributed by atoms with van der Waals surface area (Å²) in [7, 11) is 1.69. The number of ether oxygens (including phenoxy) is 1. The van der Waals surface area contributed by atoms with Crippen molar-refractivity contribution in [2.45, 2.75) is 20.3 Å². The fraction of sp³-hybridized carbons (Fsp3) is 0.400. The van der Waals surface area contributed by atoms with Crippen LogP contribution >= 0.6 is 15.9 Å². The first-order valence-electron chi connectivity index (χ1n) is 4.02. The number of aryl methyl sites for hydroxylation is 2. The number of halogens is 1. The maximum absolute atomic E-state index is 5.20. The predicted molar refractivity (Wildman–Crippen MR) is 54.8 cm³/mol. The lowest BCUT2D eigenvalue weighted by Crippen LogP contribution is -1.90. The molecular weight excluding hydrogens is 216 g/mol. The molecule has 0 bridgehead atoms. The van der Waals surface area contributed by atoms with Crippen molar-refractivity contribution in [1.82, 2.24) is 0 Å². The minimum absolute atomic E-state index is 0.914. The highest BCUT2D eigenvalue weighted by Crippen LogP contribution is 2.28. The number of benzene rings is 1. The monoisotopic (exact) mass is 228 g/mol. The Bertz CT molecular complexity index is 256. The van der Waals surface area contributed by atoms with E-state index in [1.54, 1.807) is 7.11 Å². The van der Waals surface area contributed by atoms with Crippen molar-refractivity contribution in [2.75, 3.05) is 7.11 Å². The van der Waals surface area contributed by atoms with Gasteiger partial charge in [0.1, 0.15) is 5.75 Å². The number of hydrogen-bond acceptors (Lipinski definition) is 1. The first-order chi connectivity index (χ1) is 5.69. The van der Waals surface area contributed by atoms with Crippen molar-refractivity contribution >= 4 is 15.9 Å².